The van der Waals surface area contributed by atoms with E-state index in [1.807, 2.05) is 12.4 Å². The van der Waals surface area contributed by atoms with Gasteiger partial charge in [0.05, 0.1) is 0 Å². The first-order valence-corrected chi connectivity index (χ1v) is 12.2. The number of nitrogens with one attached hydrogen (secondary N) is 2. The van der Waals surface area contributed by atoms with Crippen LogP contribution < -0.4 is 10.9 Å². The average Bonchev–Trinajstić information content (AvgIpc) is 3.49. The SMILES string of the molecule is CC(C)CCC(C(=O)N/N=C/C1CC2CCC1C2)C(=O)N/N=C/C1CC2CCC1C2. The summed E-state index contributed by atoms with van der Waals surface area (Å²) in [5, 5.41) is 8.46. The Balaban J connectivity index is 1.28. The van der Waals surface area contributed by atoms with Gasteiger partial charge in [0, 0.05) is 12.4 Å². The van der Waals surface area contributed by atoms with E-state index >= 15 is 0 Å². The van der Waals surface area contributed by atoms with Crippen LogP contribution in [-0.4, -0.2) is 24.2 Å². The summed E-state index contributed by atoms with van der Waals surface area (Å²) >= 11 is 0. The molecule has 0 aliphatic heterocycles. The minimum atomic E-state index is -0.748. The van der Waals surface area contributed by atoms with Crippen molar-refractivity contribution >= 4 is 24.2 Å². The molecule has 2 N–H and O–H groups in total. The van der Waals surface area contributed by atoms with E-state index in [1.165, 1.54) is 51.4 Å². The van der Waals surface area contributed by atoms with Crippen molar-refractivity contribution < 1.29 is 9.59 Å². The molecule has 0 radical (unpaired) electrons. The van der Waals surface area contributed by atoms with Gasteiger partial charge in [-0.2, -0.15) is 10.2 Å². The van der Waals surface area contributed by atoms with E-state index in [4.69, 9.17) is 0 Å². The molecule has 6 nitrogen and oxygen atoms in total. The van der Waals surface area contributed by atoms with E-state index in [0.29, 0.717) is 24.2 Å². The molecule has 4 aliphatic carbocycles. The van der Waals surface area contributed by atoms with Gasteiger partial charge in [-0.3, -0.25) is 9.59 Å². The number of carbonyl (C=O) groups is 2. The summed E-state index contributed by atoms with van der Waals surface area (Å²) in [5.74, 6) is 3.18. The predicted molar refractivity (Wildman–Crippen MR) is 119 cm³/mol. The van der Waals surface area contributed by atoms with E-state index in [-0.39, 0.29) is 11.8 Å². The maximum Gasteiger partial charge on any atom is 0.252 e. The summed E-state index contributed by atoms with van der Waals surface area (Å²) < 4.78 is 0. The lowest BCUT2D eigenvalue weighted by atomic mass is 9.90. The summed E-state index contributed by atoms with van der Waals surface area (Å²) in [7, 11) is 0. The third-order valence-electron chi connectivity index (χ3n) is 8.13. The summed E-state index contributed by atoms with van der Waals surface area (Å²) in [4.78, 5) is 25.4. The molecular weight excluding hydrogens is 376 g/mol. The highest BCUT2D eigenvalue weighted by Gasteiger charge is 2.39. The molecule has 0 aromatic rings. The smallest absolute Gasteiger partial charge is 0.252 e. The van der Waals surface area contributed by atoms with E-state index in [2.05, 4.69) is 34.9 Å². The van der Waals surface area contributed by atoms with Gasteiger partial charge < -0.3 is 0 Å². The summed E-state index contributed by atoms with van der Waals surface area (Å²) in [5.41, 5.74) is 5.29. The molecule has 30 heavy (non-hydrogen) atoms. The Morgan fingerprint density at radius 1 is 0.800 bits per heavy atom. The third-order valence-corrected chi connectivity index (χ3v) is 8.13. The molecule has 0 saturated heterocycles. The van der Waals surface area contributed by atoms with Crippen LogP contribution in [0.25, 0.3) is 0 Å². The molecule has 0 heterocycles. The normalized spacial score (nSPS) is 35.7. The molecule has 2 amide bonds. The Morgan fingerprint density at radius 3 is 1.67 bits per heavy atom. The third kappa shape index (κ3) is 5.12. The Bertz CT molecular complexity index is 637. The monoisotopic (exact) mass is 414 g/mol. The molecule has 6 unspecified atom stereocenters. The molecule has 0 aromatic carbocycles. The van der Waals surface area contributed by atoms with Crippen LogP contribution in [0.3, 0.4) is 0 Å². The topological polar surface area (TPSA) is 82.9 Å². The van der Waals surface area contributed by atoms with Crippen molar-refractivity contribution in [1.29, 1.82) is 0 Å². The largest absolute Gasteiger partial charge is 0.272 e. The zero-order chi connectivity index (χ0) is 21.1. The van der Waals surface area contributed by atoms with E-state index < -0.39 is 5.92 Å². The van der Waals surface area contributed by atoms with Crippen LogP contribution in [0.5, 0.6) is 0 Å². The quantitative estimate of drug-likeness (QED) is 0.338. The number of hydrazone groups is 2. The first-order chi connectivity index (χ1) is 14.5. The molecule has 4 fully saturated rings. The second kappa shape index (κ2) is 9.61. The maximum absolute atomic E-state index is 12.7. The molecule has 6 atom stereocenters. The van der Waals surface area contributed by atoms with Gasteiger partial charge in [-0.25, -0.2) is 10.9 Å². The number of hydrogen-bond donors (Lipinski definition) is 2. The Labute approximate surface area is 180 Å². The van der Waals surface area contributed by atoms with Gasteiger partial charge in [0.2, 0.25) is 0 Å². The van der Waals surface area contributed by atoms with Crippen LogP contribution in [-0.2, 0) is 9.59 Å². The molecule has 4 saturated carbocycles. The van der Waals surface area contributed by atoms with Gasteiger partial charge in [0.15, 0.2) is 0 Å². The van der Waals surface area contributed by atoms with Crippen molar-refractivity contribution in [3.05, 3.63) is 0 Å². The van der Waals surface area contributed by atoms with Crippen molar-refractivity contribution in [2.45, 2.75) is 78.1 Å². The van der Waals surface area contributed by atoms with Crippen LogP contribution in [0, 0.1) is 47.3 Å². The van der Waals surface area contributed by atoms with E-state index in [0.717, 1.165) is 30.1 Å². The first-order valence-electron chi connectivity index (χ1n) is 12.2. The number of rotatable bonds is 9. The average molecular weight is 415 g/mol. The summed E-state index contributed by atoms with van der Waals surface area (Å²) in [6, 6.07) is 0. The second-order valence-electron chi connectivity index (χ2n) is 10.7. The zero-order valence-corrected chi connectivity index (χ0v) is 18.6. The van der Waals surface area contributed by atoms with Crippen LogP contribution >= 0.6 is 0 Å². The highest BCUT2D eigenvalue weighted by molar-refractivity contribution is 6.00. The van der Waals surface area contributed by atoms with Crippen molar-refractivity contribution in [1.82, 2.24) is 10.9 Å². The molecule has 0 spiro atoms. The Morgan fingerprint density at radius 2 is 1.30 bits per heavy atom. The number of carbonyl (C=O) groups excluding carboxylic acids is 2. The number of amides is 2. The second-order valence-corrected chi connectivity index (χ2v) is 10.7. The summed E-state index contributed by atoms with van der Waals surface area (Å²) in [6.45, 7) is 4.21. The molecule has 0 aromatic heterocycles. The van der Waals surface area contributed by atoms with Crippen molar-refractivity contribution in [3.8, 4) is 0 Å². The lowest BCUT2D eigenvalue weighted by Crippen LogP contribution is -2.38. The molecule has 4 aliphatic rings. The fourth-order valence-corrected chi connectivity index (χ4v) is 6.38. The number of hydrogen-bond acceptors (Lipinski definition) is 4. The van der Waals surface area contributed by atoms with Gasteiger partial charge in [0.25, 0.3) is 11.8 Å². The minimum Gasteiger partial charge on any atom is -0.272 e. The predicted octanol–water partition coefficient (Wildman–Crippen LogP) is 4.12. The maximum atomic E-state index is 12.7. The highest BCUT2D eigenvalue weighted by atomic mass is 16.2. The zero-order valence-electron chi connectivity index (χ0n) is 18.6. The lowest BCUT2D eigenvalue weighted by molar-refractivity contribution is -0.135. The van der Waals surface area contributed by atoms with Gasteiger partial charge in [-0.1, -0.05) is 26.7 Å². The lowest BCUT2D eigenvalue weighted by Gasteiger charge is -2.18. The first kappa shape index (κ1) is 21.5. The molecule has 166 valence electrons. The molecular formula is C24H38N4O2. The fraction of sp³-hybridized carbons (Fsp3) is 0.833. The molecule has 6 heteroatoms. The number of nitrogens with zero attached hydrogens (tertiary/aromatic N) is 2. The van der Waals surface area contributed by atoms with Gasteiger partial charge in [-0.15, -0.1) is 0 Å². The Kier molecular flexibility index (Phi) is 6.89. The fourth-order valence-electron chi connectivity index (χ4n) is 6.38. The highest BCUT2D eigenvalue weighted by Crippen LogP contribution is 2.48. The summed E-state index contributed by atoms with van der Waals surface area (Å²) in [6.07, 6.45) is 15.4. The van der Waals surface area contributed by atoms with E-state index in [9.17, 15) is 9.59 Å². The van der Waals surface area contributed by atoms with Crippen LogP contribution in [0.15, 0.2) is 10.2 Å². The van der Waals surface area contributed by atoms with Crippen LogP contribution in [0.1, 0.15) is 78.1 Å². The Hall–Kier alpha value is -1.72. The molecule has 4 bridgehead atoms. The van der Waals surface area contributed by atoms with E-state index in [1.54, 1.807) is 0 Å². The number of fused-ring (bicyclic) bond motifs is 4. The van der Waals surface area contributed by atoms with Gasteiger partial charge in [-0.05, 0) is 92.8 Å². The minimum absolute atomic E-state index is 0.317. The van der Waals surface area contributed by atoms with Crippen LogP contribution in [0.2, 0.25) is 0 Å². The van der Waals surface area contributed by atoms with Crippen LogP contribution in [0.4, 0.5) is 0 Å². The van der Waals surface area contributed by atoms with Crippen molar-refractivity contribution in [2.75, 3.05) is 0 Å². The van der Waals surface area contributed by atoms with Crippen molar-refractivity contribution in [3.63, 3.8) is 0 Å². The van der Waals surface area contributed by atoms with Gasteiger partial charge in [0.1, 0.15) is 5.92 Å². The standard InChI is InChI=1S/C24H38N4O2/c1-15(2)3-8-22(23(29)27-25-13-20-11-16-4-6-18(20)9-16)24(30)28-26-14-21-12-17-5-7-19(21)10-17/h13-22H,3-12H2,1-2H3,(H,27,29)(H,28,30)/b25-13+,26-14+. The van der Waals surface area contributed by atoms with Gasteiger partial charge >= 0.3 is 0 Å². The molecule has 4 rings (SSSR count). The van der Waals surface area contributed by atoms with Crippen molar-refractivity contribution in [2.24, 2.45) is 57.5 Å².